The SMILES string of the molecule is Cc1cccc(F)c1NC(=O)C1CCCC1O. The van der Waals surface area contributed by atoms with Crippen LogP contribution in [0.4, 0.5) is 10.1 Å². The van der Waals surface area contributed by atoms with E-state index in [1.807, 2.05) is 0 Å². The molecule has 0 spiro atoms. The van der Waals surface area contributed by atoms with Gasteiger partial charge in [0.15, 0.2) is 0 Å². The Hall–Kier alpha value is -1.42. The number of nitrogens with one attached hydrogen (secondary N) is 1. The molecular weight excluding hydrogens is 221 g/mol. The Bertz CT molecular complexity index is 413. The number of para-hydroxylation sites is 1. The van der Waals surface area contributed by atoms with Gasteiger partial charge in [0, 0.05) is 0 Å². The van der Waals surface area contributed by atoms with Crippen molar-refractivity contribution < 1.29 is 14.3 Å². The highest BCUT2D eigenvalue weighted by molar-refractivity contribution is 5.93. The van der Waals surface area contributed by atoms with Crippen LogP contribution >= 0.6 is 0 Å². The van der Waals surface area contributed by atoms with E-state index in [0.29, 0.717) is 18.4 Å². The number of hydrogen-bond acceptors (Lipinski definition) is 2. The Balaban J connectivity index is 2.13. The van der Waals surface area contributed by atoms with Crippen molar-refractivity contribution in [1.29, 1.82) is 0 Å². The van der Waals surface area contributed by atoms with Crippen molar-refractivity contribution in [2.75, 3.05) is 5.32 Å². The molecule has 2 rings (SSSR count). The Morgan fingerprint density at radius 1 is 1.47 bits per heavy atom. The van der Waals surface area contributed by atoms with Crippen molar-refractivity contribution in [1.82, 2.24) is 0 Å². The molecule has 1 saturated carbocycles. The van der Waals surface area contributed by atoms with Gasteiger partial charge in [-0.2, -0.15) is 0 Å². The topological polar surface area (TPSA) is 49.3 Å². The predicted molar refractivity (Wildman–Crippen MR) is 63.1 cm³/mol. The first-order chi connectivity index (χ1) is 8.09. The minimum Gasteiger partial charge on any atom is -0.392 e. The first-order valence-corrected chi connectivity index (χ1v) is 5.83. The molecule has 2 atom stereocenters. The number of benzene rings is 1. The summed E-state index contributed by atoms with van der Waals surface area (Å²) in [4.78, 5) is 11.9. The van der Waals surface area contributed by atoms with Crippen LogP contribution in [0.5, 0.6) is 0 Å². The summed E-state index contributed by atoms with van der Waals surface area (Å²) < 4.78 is 13.5. The van der Waals surface area contributed by atoms with E-state index in [4.69, 9.17) is 0 Å². The van der Waals surface area contributed by atoms with Crippen LogP contribution in [0, 0.1) is 18.7 Å². The van der Waals surface area contributed by atoms with Gasteiger partial charge in [-0.05, 0) is 37.8 Å². The van der Waals surface area contributed by atoms with Crippen LogP contribution in [0.2, 0.25) is 0 Å². The molecule has 1 fully saturated rings. The van der Waals surface area contributed by atoms with E-state index in [-0.39, 0.29) is 11.6 Å². The van der Waals surface area contributed by atoms with Crippen LogP contribution < -0.4 is 5.32 Å². The number of aliphatic hydroxyl groups excluding tert-OH is 1. The molecule has 0 aliphatic heterocycles. The third-order valence-electron chi connectivity index (χ3n) is 3.29. The van der Waals surface area contributed by atoms with Gasteiger partial charge in [-0.25, -0.2) is 4.39 Å². The molecule has 92 valence electrons. The number of amides is 1. The fraction of sp³-hybridized carbons (Fsp3) is 0.462. The van der Waals surface area contributed by atoms with E-state index in [1.54, 1.807) is 19.1 Å². The number of aryl methyl sites for hydroxylation is 1. The molecule has 1 amide bonds. The summed E-state index contributed by atoms with van der Waals surface area (Å²) in [5, 5.41) is 12.2. The zero-order valence-electron chi connectivity index (χ0n) is 9.74. The molecule has 4 heteroatoms. The van der Waals surface area contributed by atoms with Gasteiger partial charge >= 0.3 is 0 Å². The highest BCUT2D eigenvalue weighted by Crippen LogP contribution is 2.28. The van der Waals surface area contributed by atoms with Crippen molar-refractivity contribution in [2.45, 2.75) is 32.3 Å². The molecule has 1 aromatic rings. The number of anilines is 1. The van der Waals surface area contributed by atoms with Gasteiger partial charge in [0.25, 0.3) is 0 Å². The van der Waals surface area contributed by atoms with Gasteiger partial charge in [0.05, 0.1) is 17.7 Å². The van der Waals surface area contributed by atoms with Gasteiger partial charge in [0.1, 0.15) is 5.82 Å². The molecule has 1 aliphatic carbocycles. The van der Waals surface area contributed by atoms with Crippen molar-refractivity contribution in [3.63, 3.8) is 0 Å². The fourth-order valence-corrected chi connectivity index (χ4v) is 2.25. The number of carbonyl (C=O) groups excluding carboxylic acids is 1. The summed E-state index contributed by atoms with van der Waals surface area (Å²) in [6.07, 6.45) is 1.56. The molecule has 0 bridgehead atoms. The summed E-state index contributed by atoms with van der Waals surface area (Å²) in [5.74, 6) is -1.14. The summed E-state index contributed by atoms with van der Waals surface area (Å²) in [7, 11) is 0. The molecule has 0 heterocycles. The van der Waals surface area contributed by atoms with E-state index < -0.39 is 17.8 Å². The smallest absolute Gasteiger partial charge is 0.230 e. The average molecular weight is 237 g/mol. The lowest BCUT2D eigenvalue weighted by Crippen LogP contribution is -2.29. The third-order valence-corrected chi connectivity index (χ3v) is 3.29. The summed E-state index contributed by atoms with van der Waals surface area (Å²) in [6, 6.07) is 4.65. The van der Waals surface area contributed by atoms with Crippen LogP contribution in [0.25, 0.3) is 0 Å². The molecule has 3 nitrogen and oxygen atoms in total. The lowest BCUT2D eigenvalue weighted by Gasteiger charge is -2.16. The van der Waals surface area contributed by atoms with Gasteiger partial charge in [-0.3, -0.25) is 4.79 Å². The molecule has 0 radical (unpaired) electrons. The van der Waals surface area contributed by atoms with Crippen molar-refractivity contribution >= 4 is 11.6 Å². The Morgan fingerprint density at radius 3 is 2.82 bits per heavy atom. The van der Waals surface area contributed by atoms with Crippen LogP contribution in [0.3, 0.4) is 0 Å². The highest BCUT2D eigenvalue weighted by atomic mass is 19.1. The standard InChI is InChI=1S/C13H16FNO2/c1-8-4-2-6-10(14)12(8)15-13(17)9-5-3-7-11(9)16/h2,4,6,9,11,16H,3,5,7H2,1H3,(H,15,17). The third kappa shape index (κ3) is 2.47. The molecule has 17 heavy (non-hydrogen) atoms. The number of rotatable bonds is 2. The van der Waals surface area contributed by atoms with Gasteiger partial charge in [-0.15, -0.1) is 0 Å². The van der Waals surface area contributed by atoms with E-state index in [2.05, 4.69) is 5.32 Å². The Labute approximate surface area is 99.7 Å². The van der Waals surface area contributed by atoms with Crippen LogP contribution in [0.15, 0.2) is 18.2 Å². The van der Waals surface area contributed by atoms with Gasteiger partial charge < -0.3 is 10.4 Å². The van der Waals surface area contributed by atoms with Crippen LogP contribution in [-0.2, 0) is 4.79 Å². The van der Waals surface area contributed by atoms with Crippen LogP contribution in [0.1, 0.15) is 24.8 Å². The van der Waals surface area contributed by atoms with Crippen LogP contribution in [-0.4, -0.2) is 17.1 Å². The lowest BCUT2D eigenvalue weighted by atomic mass is 10.0. The zero-order chi connectivity index (χ0) is 12.4. The van der Waals surface area contributed by atoms with E-state index in [0.717, 1.165) is 6.42 Å². The van der Waals surface area contributed by atoms with Crippen molar-refractivity contribution in [2.24, 2.45) is 5.92 Å². The van der Waals surface area contributed by atoms with E-state index in [1.165, 1.54) is 6.07 Å². The maximum Gasteiger partial charge on any atom is 0.230 e. The quantitative estimate of drug-likeness (QED) is 0.828. The second-order valence-electron chi connectivity index (χ2n) is 4.53. The lowest BCUT2D eigenvalue weighted by molar-refractivity contribution is -0.122. The Kier molecular flexibility index (Phi) is 3.43. The van der Waals surface area contributed by atoms with Crippen molar-refractivity contribution in [3.05, 3.63) is 29.6 Å². The number of hydrogen-bond donors (Lipinski definition) is 2. The summed E-state index contributed by atoms with van der Waals surface area (Å²) >= 11 is 0. The average Bonchev–Trinajstić information content (AvgIpc) is 2.70. The van der Waals surface area contributed by atoms with Gasteiger partial charge in [0.2, 0.25) is 5.91 Å². The summed E-state index contributed by atoms with van der Waals surface area (Å²) in [5.41, 5.74) is 0.905. The second kappa shape index (κ2) is 4.84. The molecule has 2 unspecified atom stereocenters. The molecular formula is C13H16FNO2. The first kappa shape index (κ1) is 12.0. The molecule has 1 aromatic carbocycles. The second-order valence-corrected chi connectivity index (χ2v) is 4.53. The first-order valence-electron chi connectivity index (χ1n) is 5.83. The fourth-order valence-electron chi connectivity index (χ4n) is 2.25. The van der Waals surface area contributed by atoms with E-state index in [9.17, 15) is 14.3 Å². The molecule has 1 aliphatic rings. The largest absolute Gasteiger partial charge is 0.392 e. The molecule has 0 aromatic heterocycles. The number of aliphatic hydroxyl groups is 1. The summed E-state index contributed by atoms with van der Waals surface area (Å²) in [6.45, 7) is 1.74. The monoisotopic (exact) mass is 237 g/mol. The predicted octanol–water partition coefficient (Wildman–Crippen LogP) is 2.23. The molecule has 0 saturated heterocycles. The maximum atomic E-state index is 13.5. The maximum absolute atomic E-state index is 13.5. The van der Waals surface area contributed by atoms with Crippen molar-refractivity contribution in [3.8, 4) is 0 Å². The zero-order valence-corrected chi connectivity index (χ0v) is 9.74. The molecule has 2 N–H and O–H groups in total. The minimum absolute atomic E-state index is 0.219. The number of halogens is 1. The minimum atomic E-state index is -0.595. The highest BCUT2D eigenvalue weighted by Gasteiger charge is 2.31. The number of carbonyl (C=O) groups is 1. The van der Waals surface area contributed by atoms with Gasteiger partial charge in [-0.1, -0.05) is 12.1 Å². The Morgan fingerprint density at radius 2 is 2.24 bits per heavy atom. The van der Waals surface area contributed by atoms with E-state index >= 15 is 0 Å². The normalized spacial score (nSPS) is 23.7.